The molecule has 0 spiro atoms. The number of carbonyl (C=O) groups is 2. The van der Waals surface area contributed by atoms with Gasteiger partial charge in [-0.2, -0.15) is 0 Å². The zero-order valence-electron chi connectivity index (χ0n) is 7.38. The third kappa shape index (κ3) is 1.42. The summed E-state index contributed by atoms with van der Waals surface area (Å²) in [5.74, 6) is -0.240. The van der Waals surface area contributed by atoms with E-state index in [9.17, 15) is 9.59 Å². The first kappa shape index (κ1) is 8.62. The summed E-state index contributed by atoms with van der Waals surface area (Å²) in [5.41, 5.74) is 0.569. The second-order valence-corrected chi connectivity index (χ2v) is 2.86. The molecule has 1 aliphatic heterocycles. The van der Waals surface area contributed by atoms with Crippen LogP contribution in [0.25, 0.3) is 0 Å². The lowest BCUT2D eigenvalue weighted by molar-refractivity contribution is -0.116. The van der Waals surface area contributed by atoms with Gasteiger partial charge in [-0.1, -0.05) is 18.2 Å². The van der Waals surface area contributed by atoms with Gasteiger partial charge >= 0.3 is 6.03 Å². The molecule has 1 heterocycles. The number of aliphatic imine (C=N–C) groups is 1. The second-order valence-electron chi connectivity index (χ2n) is 2.86. The van der Waals surface area contributed by atoms with Gasteiger partial charge in [-0.15, -0.1) is 0 Å². The van der Waals surface area contributed by atoms with Crippen molar-refractivity contribution in [1.82, 2.24) is 0 Å². The minimum absolute atomic E-state index is 0.181. The number of hydrogen-bond donors (Lipinski definition) is 0. The first-order chi connectivity index (χ1) is 6.79. The van der Waals surface area contributed by atoms with Crippen molar-refractivity contribution in [2.24, 2.45) is 4.99 Å². The molecular formula is C10H8N2O2. The van der Waals surface area contributed by atoms with Crippen LogP contribution in [0.5, 0.6) is 0 Å². The van der Waals surface area contributed by atoms with Crippen LogP contribution < -0.4 is 4.90 Å². The minimum atomic E-state index is -0.521. The Hall–Kier alpha value is -1.97. The molecule has 0 N–H and O–H groups in total. The Labute approximate surface area is 80.9 Å². The monoisotopic (exact) mass is 188 g/mol. The molecule has 0 bridgehead atoms. The Balaban J connectivity index is 2.38. The van der Waals surface area contributed by atoms with Gasteiger partial charge in [0, 0.05) is 6.21 Å². The Morgan fingerprint density at radius 2 is 1.86 bits per heavy atom. The van der Waals surface area contributed by atoms with E-state index in [0.29, 0.717) is 5.69 Å². The predicted octanol–water partition coefficient (Wildman–Crippen LogP) is 1.61. The molecule has 4 nitrogen and oxygen atoms in total. The molecule has 4 heteroatoms. The first-order valence-electron chi connectivity index (χ1n) is 4.23. The number of imide groups is 1. The van der Waals surface area contributed by atoms with Crippen molar-refractivity contribution in [3.05, 3.63) is 30.3 Å². The van der Waals surface area contributed by atoms with Crippen molar-refractivity contribution in [2.45, 2.75) is 6.42 Å². The molecule has 3 amide bonds. The van der Waals surface area contributed by atoms with E-state index in [-0.39, 0.29) is 12.3 Å². The zero-order valence-corrected chi connectivity index (χ0v) is 7.38. The van der Waals surface area contributed by atoms with Gasteiger partial charge in [-0.3, -0.25) is 4.79 Å². The lowest BCUT2D eigenvalue weighted by Crippen LogP contribution is -2.37. The molecule has 0 saturated carbocycles. The standard InChI is InChI=1S/C10H8N2O2/c13-9-6-7-11-10(14)12(9)8-4-2-1-3-5-8/h1-5,7H,6H2. The molecule has 0 radical (unpaired) electrons. The van der Waals surface area contributed by atoms with Crippen LogP contribution in [-0.4, -0.2) is 18.2 Å². The summed E-state index contributed by atoms with van der Waals surface area (Å²) < 4.78 is 0. The molecule has 70 valence electrons. The van der Waals surface area contributed by atoms with E-state index in [0.717, 1.165) is 4.90 Å². The van der Waals surface area contributed by atoms with Crippen molar-refractivity contribution in [3.8, 4) is 0 Å². The lowest BCUT2D eigenvalue weighted by atomic mass is 10.2. The van der Waals surface area contributed by atoms with Crippen LogP contribution in [0, 0.1) is 0 Å². The Morgan fingerprint density at radius 1 is 1.14 bits per heavy atom. The van der Waals surface area contributed by atoms with Crippen LogP contribution in [-0.2, 0) is 4.79 Å². The van der Waals surface area contributed by atoms with E-state index in [1.54, 1.807) is 24.3 Å². The topological polar surface area (TPSA) is 49.7 Å². The van der Waals surface area contributed by atoms with Crippen LogP contribution >= 0.6 is 0 Å². The molecule has 0 fully saturated rings. The van der Waals surface area contributed by atoms with E-state index in [2.05, 4.69) is 4.99 Å². The molecule has 0 atom stereocenters. The number of rotatable bonds is 1. The molecule has 1 aliphatic rings. The fraction of sp³-hybridized carbons (Fsp3) is 0.100. The number of hydrogen-bond acceptors (Lipinski definition) is 2. The van der Waals surface area contributed by atoms with Gasteiger partial charge in [0.05, 0.1) is 12.1 Å². The number of amides is 3. The van der Waals surface area contributed by atoms with Crippen molar-refractivity contribution < 1.29 is 9.59 Å². The number of para-hydroxylation sites is 1. The fourth-order valence-electron chi connectivity index (χ4n) is 1.29. The van der Waals surface area contributed by atoms with Crippen LogP contribution in [0.4, 0.5) is 10.5 Å². The third-order valence-corrected chi connectivity index (χ3v) is 1.92. The summed E-state index contributed by atoms with van der Waals surface area (Å²) in [5, 5.41) is 0. The smallest absolute Gasteiger partial charge is 0.274 e. The molecule has 2 rings (SSSR count). The van der Waals surface area contributed by atoms with E-state index >= 15 is 0 Å². The zero-order chi connectivity index (χ0) is 9.97. The van der Waals surface area contributed by atoms with E-state index in [1.165, 1.54) is 6.21 Å². The fourth-order valence-corrected chi connectivity index (χ4v) is 1.29. The van der Waals surface area contributed by atoms with Crippen LogP contribution in [0.1, 0.15) is 6.42 Å². The summed E-state index contributed by atoms with van der Waals surface area (Å²) in [7, 11) is 0. The van der Waals surface area contributed by atoms with Gasteiger partial charge in [0.15, 0.2) is 0 Å². The Kier molecular flexibility index (Phi) is 2.10. The predicted molar refractivity (Wildman–Crippen MR) is 52.4 cm³/mol. The minimum Gasteiger partial charge on any atom is -0.274 e. The highest BCUT2D eigenvalue weighted by molar-refractivity contribution is 6.21. The highest BCUT2D eigenvalue weighted by Crippen LogP contribution is 2.17. The lowest BCUT2D eigenvalue weighted by Gasteiger charge is -2.20. The number of nitrogens with zero attached hydrogens (tertiary/aromatic N) is 2. The van der Waals surface area contributed by atoms with Crippen molar-refractivity contribution in [3.63, 3.8) is 0 Å². The summed E-state index contributed by atoms with van der Waals surface area (Å²) in [6, 6.07) is 8.26. The average molecular weight is 188 g/mol. The Morgan fingerprint density at radius 3 is 2.50 bits per heavy atom. The number of carbonyl (C=O) groups excluding carboxylic acids is 2. The summed E-state index contributed by atoms with van der Waals surface area (Å²) in [6.45, 7) is 0. The summed E-state index contributed by atoms with van der Waals surface area (Å²) >= 11 is 0. The van der Waals surface area contributed by atoms with Gasteiger partial charge in [0.2, 0.25) is 5.91 Å². The number of anilines is 1. The van der Waals surface area contributed by atoms with Gasteiger partial charge in [-0.05, 0) is 12.1 Å². The summed E-state index contributed by atoms with van der Waals surface area (Å²) in [6.07, 6.45) is 1.52. The first-order valence-corrected chi connectivity index (χ1v) is 4.23. The SMILES string of the molecule is O=C1CC=NC(=O)N1c1ccccc1. The molecule has 0 saturated heterocycles. The normalized spacial score (nSPS) is 16.1. The highest BCUT2D eigenvalue weighted by Gasteiger charge is 2.24. The van der Waals surface area contributed by atoms with E-state index in [1.807, 2.05) is 6.07 Å². The van der Waals surface area contributed by atoms with Crippen molar-refractivity contribution in [2.75, 3.05) is 4.90 Å². The molecular weight excluding hydrogens is 180 g/mol. The average Bonchev–Trinajstić information content (AvgIpc) is 2.19. The van der Waals surface area contributed by atoms with Gasteiger partial charge in [0.1, 0.15) is 0 Å². The number of benzene rings is 1. The molecule has 0 aromatic heterocycles. The van der Waals surface area contributed by atoms with Crippen LogP contribution in [0.15, 0.2) is 35.3 Å². The molecule has 1 aromatic rings. The Bertz CT molecular complexity index is 398. The second kappa shape index (κ2) is 3.41. The third-order valence-electron chi connectivity index (χ3n) is 1.92. The number of urea groups is 1. The quantitative estimate of drug-likeness (QED) is 0.672. The van der Waals surface area contributed by atoms with Gasteiger partial charge < -0.3 is 0 Å². The van der Waals surface area contributed by atoms with Crippen LogP contribution in [0.3, 0.4) is 0 Å². The van der Waals surface area contributed by atoms with Crippen molar-refractivity contribution in [1.29, 1.82) is 0 Å². The maximum absolute atomic E-state index is 11.4. The largest absolute Gasteiger partial charge is 0.354 e. The maximum atomic E-state index is 11.4. The van der Waals surface area contributed by atoms with E-state index in [4.69, 9.17) is 0 Å². The van der Waals surface area contributed by atoms with E-state index < -0.39 is 6.03 Å². The maximum Gasteiger partial charge on any atom is 0.354 e. The molecule has 0 aliphatic carbocycles. The molecule has 14 heavy (non-hydrogen) atoms. The molecule has 0 unspecified atom stereocenters. The highest BCUT2D eigenvalue weighted by atomic mass is 16.2. The van der Waals surface area contributed by atoms with Crippen molar-refractivity contribution >= 4 is 23.8 Å². The summed E-state index contributed by atoms with van der Waals surface area (Å²) in [4.78, 5) is 27.4. The van der Waals surface area contributed by atoms with Crippen LogP contribution in [0.2, 0.25) is 0 Å². The molecule has 1 aromatic carbocycles. The van der Waals surface area contributed by atoms with Gasteiger partial charge in [0.25, 0.3) is 0 Å². The van der Waals surface area contributed by atoms with Gasteiger partial charge in [-0.25, -0.2) is 14.7 Å².